The van der Waals surface area contributed by atoms with Gasteiger partial charge >= 0.3 is 0 Å². The fourth-order valence-corrected chi connectivity index (χ4v) is 3.78. The minimum atomic E-state index is -0.154. The van der Waals surface area contributed by atoms with Crippen molar-refractivity contribution in [2.24, 2.45) is 0 Å². The van der Waals surface area contributed by atoms with Crippen LogP contribution in [0.5, 0.6) is 0 Å². The Hall–Kier alpha value is -2.57. The minimum absolute atomic E-state index is 0.0833. The lowest BCUT2D eigenvalue weighted by molar-refractivity contribution is -0.113. The molecule has 1 aromatic heterocycles. The van der Waals surface area contributed by atoms with Gasteiger partial charge < -0.3 is 10.6 Å². The Balaban J connectivity index is 1.57. The molecule has 0 unspecified atom stereocenters. The minimum Gasteiger partial charge on any atom is -0.325 e. The van der Waals surface area contributed by atoms with Gasteiger partial charge in [-0.2, -0.15) is 0 Å². The molecule has 0 spiro atoms. The van der Waals surface area contributed by atoms with Crippen molar-refractivity contribution in [1.82, 2.24) is 0 Å². The highest BCUT2D eigenvalue weighted by atomic mass is 32.2. The number of hydrogen-bond donors (Lipinski definition) is 2. The van der Waals surface area contributed by atoms with Crippen LogP contribution in [0.3, 0.4) is 0 Å². The van der Waals surface area contributed by atoms with Crippen LogP contribution in [0.1, 0.15) is 15.2 Å². The smallest absolute Gasteiger partial charge is 0.265 e. The summed E-state index contributed by atoms with van der Waals surface area (Å²) in [6.45, 7) is 2.03. The third-order valence-electron chi connectivity index (χ3n) is 3.60. The van der Waals surface area contributed by atoms with Crippen LogP contribution in [0.4, 0.5) is 11.4 Å². The maximum atomic E-state index is 12.2. The second-order valence-corrected chi connectivity index (χ2v) is 7.58. The molecule has 0 aliphatic rings. The van der Waals surface area contributed by atoms with Crippen molar-refractivity contribution in [3.8, 4) is 0 Å². The van der Waals surface area contributed by atoms with E-state index in [1.165, 1.54) is 23.1 Å². The number of anilines is 2. The summed E-state index contributed by atoms with van der Waals surface area (Å²) in [4.78, 5) is 26.1. The van der Waals surface area contributed by atoms with E-state index < -0.39 is 0 Å². The van der Waals surface area contributed by atoms with Gasteiger partial charge in [-0.25, -0.2) is 0 Å². The van der Waals surface area contributed by atoms with Gasteiger partial charge in [0, 0.05) is 16.3 Å². The first-order valence-electron chi connectivity index (χ1n) is 8.05. The predicted octanol–water partition coefficient (Wildman–Crippen LogP) is 5.04. The Morgan fingerprint density at radius 3 is 2.46 bits per heavy atom. The van der Waals surface area contributed by atoms with Crippen molar-refractivity contribution in [3.05, 3.63) is 76.5 Å². The van der Waals surface area contributed by atoms with Gasteiger partial charge in [-0.1, -0.05) is 30.3 Å². The number of amides is 2. The molecule has 0 bridgehead atoms. The molecule has 0 saturated heterocycles. The second-order valence-electron chi connectivity index (χ2n) is 5.61. The van der Waals surface area contributed by atoms with Crippen molar-refractivity contribution >= 4 is 46.3 Å². The first-order chi connectivity index (χ1) is 12.6. The average Bonchev–Trinajstić information content (AvgIpc) is 3.16. The largest absolute Gasteiger partial charge is 0.325 e. The van der Waals surface area contributed by atoms with Gasteiger partial charge in [-0.05, 0) is 48.2 Å². The number of benzene rings is 2. The maximum Gasteiger partial charge on any atom is 0.265 e. The van der Waals surface area contributed by atoms with E-state index in [0.717, 1.165) is 10.5 Å². The molecule has 0 atom stereocenters. The van der Waals surface area contributed by atoms with E-state index in [1.54, 1.807) is 30.3 Å². The lowest BCUT2D eigenvalue weighted by atomic mass is 10.2. The molecule has 6 heteroatoms. The molecule has 0 saturated carbocycles. The average molecular weight is 383 g/mol. The first kappa shape index (κ1) is 18.2. The highest BCUT2D eigenvalue weighted by molar-refractivity contribution is 8.00. The maximum absolute atomic E-state index is 12.2. The first-order valence-corrected chi connectivity index (χ1v) is 9.91. The van der Waals surface area contributed by atoms with Crippen LogP contribution < -0.4 is 10.6 Å². The van der Waals surface area contributed by atoms with Gasteiger partial charge in [0.2, 0.25) is 5.91 Å². The van der Waals surface area contributed by atoms with Gasteiger partial charge in [0.15, 0.2) is 0 Å². The molecule has 3 rings (SSSR count). The molecule has 132 valence electrons. The lowest BCUT2D eigenvalue weighted by Gasteiger charge is -2.09. The molecular formula is C20H18N2O2S2. The van der Waals surface area contributed by atoms with E-state index in [4.69, 9.17) is 0 Å². The molecule has 1 heterocycles. The van der Waals surface area contributed by atoms with Crippen LogP contribution in [0.15, 0.2) is 70.9 Å². The summed E-state index contributed by atoms with van der Waals surface area (Å²) < 4.78 is 0. The Morgan fingerprint density at radius 2 is 1.73 bits per heavy atom. The second kappa shape index (κ2) is 8.69. The Labute approximate surface area is 160 Å². The Bertz CT molecular complexity index is 908. The molecule has 2 aromatic carbocycles. The normalized spacial score (nSPS) is 10.3. The van der Waals surface area contributed by atoms with Crippen LogP contribution in [-0.2, 0) is 4.79 Å². The molecule has 0 aliphatic carbocycles. The molecule has 26 heavy (non-hydrogen) atoms. The zero-order chi connectivity index (χ0) is 18.4. The van der Waals surface area contributed by atoms with Crippen molar-refractivity contribution < 1.29 is 9.59 Å². The number of carbonyl (C=O) groups is 2. The summed E-state index contributed by atoms with van der Waals surface area (Å²) in [7, 11) is 0. The quantitative estimate of drug-likeness (QED) is 0.587. The number of nitrogens with one attached hydrogen (secondary N) is 2. The molecular weight excluding hydrogens is 364 g/mol. The monoisotopic (exact) mass is 382 g/mol. The van der Waals surface area contributed by atoms with Gasteiger partial charge in [0.25, 0.3) is 5.91 Å². The summed E-state index contributed by atoms with van der Waals surface area (Å²) in [6.07, 6.45) is 0. The van der Waals surface area contributed by atoms with Crippen LogP contribution in [-0.4, -0.2) is 17.6 Å². The summed E-state index contributed by atoms with van der Waals surface area (Å²) in [6, 6.07) is 18.7. The van der Waals surface area contributed by atoms with Crippen molar-refractivity contribution in [2.45, 2.75) is 11.8 Å². The van der Waals surface area contributed by atoms with E-state index in [-0.39, 0.29) is 11.8 Å². The number of hydrogen-bond acceptors (Lipinski definition) is 4. The zero-order valence-corrected chi connectivity index (χ0v) is 15.8. The van der Waals surface area contributed by atoms with Gasteiger partial charge in [0.1, 0.15) is 0 Å². The van der Waals surface area contributed by atoms with Crippen LogP contribution >= 0.6 is 23.1 Å². The molecule has 0 radical (unpaired) electrons. The highest BCUT2D eigenvalue weighted by Crippen LogP contribution is 2.22. The van der Waals surface area contributed by atoms with Crippen molar-refractivity contribution in [2.75, 3.05) is 16.4 Å². The summed E-state index contributed by atoms with van der Waals surface area (Å²) in [5, 5.41) is 7.57. The summed E-state index contributed by atoms with van der Waals surface area (Å²) >= 11 is 2.89. The third-order valence-corrected chi connectivity index (χ3v) is 5.65. The molecule has 2 amide bonds. The summed E-state index contributed by atoms with van der Waals surface area (Å²) in [5.74, 6) is 0.0926. The number of carbonyl (C=O) groups excluding carboxylic acids is 2. The lowest BCUT2D eigenvalue weighted by Crippen LogP contribution is -2.15. The number of rotatable bonds is 6. The predicted molar refractivity (Wildman–Crippen MR) is 109 cm³/mol. The zero-order valence-electron chi connectivity index (χ0n) is 14.2. The van der Waals surface area contributed by atoms with Crippen molar-refractivity contribution in [1.29, 1.82) is 0 Å². The Morgan fingerprint density at radius 1 is 0.962 bits per heavy atom. The summed E-state index contributed by atoms with van der Waals surface area (Å²) in [5.41, 5.74) is 2.46. The van der Waals surface area contributed by atoms with Crippen molar-refractivity contribution in [3.63, 3.8) is 0 Å². The number of aryl methyl sites for hydroxylation is 1. The fourth-order valence-electron chi connectivity index (χ4n) is 2.33. The van der Waals surface area contributed by atoms with E-state index in [2.05, 4.69) is 10.6 Å². The van der Waals surface area contributed by atoms with Crippen LogP contribution in [0.2, 0.25) is 0 Å². The topological polar surface area (TPSA) is 58.2 Å². The van der Waals surface area contributed by atoms with E-state index >= 15 is 0 Å². The van der Waals surface area contributed by atoms with E-state index in [9.17, 15) is 9.59 Å². The molecule has 3 aromatic rings. The van der Waals surface area contributed by atoms with E-state index in [0.29, 0.717) is 22.0 Å². The molecule has 2 N–H and O–H groups in total. The molecule has 0 aliphatic heterocycles. The fraction of sp³-hybridized carbons (Fsp3) is 0.100. The standard InChI is InChI=1S/C20H18N2O2S2/c1-14-6-2-3-9-17(14)26-13-19(23)21-15-7-4-8-16(12-15)22-20(24)18-10-5-11-25-18/h2-12H,13H2,1H3,(H,21,23)(H,22,24). The molecule has 4 nitrogen and oxygen atoms in total. The van der Waals surface area contributed by atoms with Gasteiger partial charge in [-0.15, -0.1) is 23.1 Å². The Kier molecular flexibility index (Phi) is 6.09. The van der Waals surface area contributed by atoms with Crippen LogP contribution in [0, 0.1) is 6.92 Å². The third kappa shape index (κ3) is 4.97. The SMILES string of the molecule is Cc1ccccc1SCC(=O)Nc1cccc(NC(=O)c2cccs2)c1. The molecule has 0 fully saturated rings. The highest BCUT2D eigenvalue weighted by Gasteiger charge is 2.09. The number of thioether (sulfide) groups is 1. The number of thiophene rings is 1. The van der Waals surface area contributed by atoms with Gasteiger partial charge in [-0.3, -0.25) is 9.59 Å². The van der Waals surface area contributed by atoms with Crippen LogP contribution in [0.25, 0.3) is 0 Å². The van der Waals surface area contributed by atoms with Gasteiger partial charge in [0.05, 0.1) is 10.6 Å². The van der Waals surface area contributed by atoms with E-state index in [1.807, 2.05) is 42.6 Å².